The minimum Gasteiger partial charge on any atom is -0.375 e. The van der Waals surface area contributed by atoms with E-state index in [1.807, 2.05) is 73.3 Å². The summed E-state index contributed by atoms with van der Waals surface area (Å²) in [5.41, 5.74) is 4.05. The lowest BCUT2D eigenvalue weighted by Crippen LogP contribution is -2.52. The number of anilines is 2. The van der Waals surface area contributed by atoms with E-state index < -0.39 is 29.6 Å². The molecule has 1 unspecified atom stereocenters. The van der Waals surface area contributed by atoms with Gasteiger partial charge in [-0.15, -0.1) is 0 Å². The van der Waals surface area contributed by atoms with Gasteiger partial charge in [0, 0.05) is 99.9 Å². The number of carbonyl (C=O) groups is 4. The van der Waals surface area contributed by atoms with Gasteiger partial charge in [0.05, 0.1) is 23.6 Å². The van der Waals surface area contributed by atoms with E-state index in [0.29, 0.717) is 80.7 Å². The molecule has 0 bridgehead atoms. The maximum atomic E-state index is 16.4. The molecule has 4 amide bonds. The number of halogens is 3. The van der Waals surface area contributed by atoms with Crippen molar-refractivity contribution >= 4 is 56.8 Å². The van der Waals surface area contributed by atoms with Crippen LogP contribution in [0.15, 0.2) is 77.6 Å². The molecule has 384 valence electrons. The van der Waals surface area contributed by atoms with Crippen LogP contribution in [0.3, 0.4) is 0 Å². The Balaban J connectivity index is 0.688. The number of likely N-dealkylation sites (tertiary alicyclic amines) is 2. The number of alkyl halides is 3. The number of nitrogens with one attached hydrogen (secondary N) is 4. The number of aromatic nitrogens is 2. The van der Waals surface area contributed by atoms with Crippen molar-refractivity contribution in [3.8, 4) is 11.8 Å². The molecule has 6 heterocycles. The van der Waals surface area contributed by atoms with Gasteiger partial charge in [0.1, 0.15) is 17.8 Å². The average molecular weight is 1000 g/mol. The van der Waals surface area contributed by atoms with Gasteiger partial charge in [-0.1, -0.05) is 48.2 Å². The van der Waals surface area contributed by atoms with Crippen molar-refractivity contribution in [1.29, 1.82) is 0 Å². The Hall–Kier alpha value is -6.64. The summed E-state index contributed by atoms with van der Waals surface area (Å²) in [7, 11) is 1.68. The number of hydrogen-bond donors (Lipinski definition) is 4. The van der Waals surface area contributed by atoms with E-state index in [2.05, 4.69) is 42.9 Å². The summed E-state index contributed by atoms with van der Waals surface area (Å²) in [6.45, 7) is 7.50. The average Bonchev–Trinajstić information content (AvgIpc) is 3.85. The van der Waals surface area contributed by atoms with Gasteiger partial charge in [0.25, 0.3) is 11.8 Å². The summed E-state index contributed by atoms with van der Waals surface area (Å²) >= 11 is 0. The topological polar surface area (TPSA) is 153 Å². The zero-order chi connectivity index (χ0) is 51.2. The van der Waals surface area contributed by atoms with Crippen LogP contribution in [0.1, 0.15) is 97.4 Å². The zero-order valence-corrected chi connectivity index (χ0v) is 41.7. The first kappa shape index (κ1) is 49.9. The summed E-state index contributed by atoms with van der Waals surface area (Å²) in [6.07, 6.45) is 4.09. The van der Waals surface area contributed by atoms with Crippen LogP contribution in [0, 0.1) is 30.6 Å². The molecule has 5 aliphatic heterocycles. The minimum absolute atomic E-state index is 0.0986. The number of amides is 4. The summed E-state index contributed by atoms with van der Waals surface area (Å²) in [4.78, 5) is 71.3. The fourth-order valence-electron chi connectivity index (χ4n) is 11.7. The normalized spacial score (nSPS) is 22.2. The smallest absolute Gasteiger partial charge is 0.329 e. The lowest BCUT2D eigenvalue weighted by atomic mass is 9.88. The predicted octanol–water partition coefficient (Wildman–Crippen LogP) is 6.60. The molecular formula is C56H64F3N9O5. The van der Waals surface area contributed by atoms with Crippen molar-refractivity contribution in [3.63, 3.8) is 0 Å². The highest BCUT2D eigenvalue weighted by Crippen LogP contribution is 2.35. The first-order valence-corrected chi connectivity index (χ1v) is 25.8. The highest BCUT2D eigenvalue weighted by atomic mass is 19.3. The summed E-state index contributed by atoms with van der Waals surface area (Å²) < 4.78 is 48.1. The molecule has 4 aromatic carbocycles. The van der Waals surface area contributed by atoms with Crippen LogP contribution in [0.5, 0.6) is 0 Å². The lowest BCUT2D eigenvalue weighted by molar-refractivity contribution is -0.139. The van der Waals surface area contributed by atoms with Crippen LogP contribution in [-0.4, -0.2) is 119 Å². The monoisotopic (exact) mass is 999 g/mol. The van der Waals surface area contributed by atoms with Crippen LogP contribution in [-0.2, 0) is 21.4 Å². The zero-order valence-electron chi connectivity index (χ0n) is 41.7. The van der Waals surface area contributed by atoms with E-state index in [1.54, 1.807) is 25.2 Å². The highest BCUT2D eigenvalue weighted by Gasteiger charge is 2.44. The number of aryl methyl sites for hydroxylation is 2. The first-order chi connectivity index (χ1) is 35.0. The largest absolute Gasteiger partial charge is 0.375 e. The number of nitrogens with zero attached hydrogens (tertiary/aromatic N) is 5. The molecular weight excluding hydrogens is 936 g/mol. The number of benzene rings is 4. The van der Waals surface area contributed by atoms with Gasteiger partial charge >= 0.3 is 5.69 Å². The van der Waals surface area contributed by atoms with Crippen molar-refractivity contribution in [1.82, 2.24) is 34.9 Å². The van der Waals surface area contributed by atoms with Crippen LogP contribution in [0.4, 0.5) is 24.5 Å². The van der Waals surface area contributed by atoms with Crippen molar-refractivity contribution < 1.29 is 32.3 Å². The molecule has 5 aromatic rings. The van der Waals surface area contributed by atoms with Crippen LogP contribution < -0.4 is 31.9 Å². The summed E-state index contributed by atoms with van der Waals surface area (Å²) in [6, 6.07) is 20.7. The van der Waals surface area contributed by atoms with Gasteiger partial charge in [-0.3, -0.25) is 33.6 Å². The Kier molecular flexibility index (Phi) is 13.9. The Morgan fingerprint density at radius 2 is 1.59 bits per heavy atom. The highest BCUT2D eigenvalue weighted by molar-refractivity contribution is 6.00. The lowest BCUT2D eigenvalue weighted by Gasteiger charge is -2.42. The molecule has 5 saturated heterocycles. The van der Waals surface area contributed by atoms with Gasteiger partial charge in [-0.05, 0) is 117 Å². The molecule has 4 N–H and O–H groups in total. The molecule has 3 atom stereocenters. The molecule has 17 heteroatoms. The van der Waals surface area contributed by atoms with E-state index in [4.69, 9.17) is 0 Å². The molecule has 5 fully saturated rings. The number of piperidine rings is 4. The Bertz CT molecular complexity index is 3080. The van der Waals surface area contributed by atoms with Crippen LogP contribution in [0.25, 0.3) is 21.8 Å². The number of hydrogen-bond acceptors (Lipinski definition) is 9. The SMILES string of the molecule is Cc1ccc(N[C@@H]2CNCC2(F)F)cc1C(=O)N[C@H](C)c1ccc(C#CC2CCN(CC3(F)CCN(C(=O)C4CCN(c5ccc6c(c5)n(C)c(=O)n6C5CCC(=O)NC5=O)CC4)CC3)CC2)c2ccccc12. The predicted molar refractivity (Wildman–Crippen MR) is 275 cm³/mol. The molecule has 1 aromatic heterocycles. The number of imidazole rings is 1. The van der Waals surface area contributed by atoms with Crippen molar-refractivity contribution in [2.45, 2.75) is 94.9 Å². The van der Waals surface area contributed by atoms with Crippen molar-refractivity contribution in [2.75, 3.05) is 69.1 Å². The number of imide groups is 1. The Labute approximate surface area is 423 Å². The maximum absolute atomic E-state index is 16.4. The standard InChI is InChI=1S/C56H64F3N9O5/c1-35-8-12-40(62-49-32-60-33-56(49,58)59)30-45(35)51(70)61-36(2)42-14-11-38(43-6-4-5-7-44(42)43)10-9-37-18-24-65(25-19-37)34-55(57)22-28-67(29-23-55)53(72)39-20-26-66(27-21-39)41-13-15-46-48(31-41)64(3)54(73)68(46)47-16-17-50(69)63-52(47)71/h4-8,11-15,30-31,36-37,39,47,49,60,62H,16-29,32-34H2,1-3H3,(H,61,70)(H,63,69,71)/t36-,47?,49-/m1/s1. The number of carbonyl (C=O) groups excluding carboxylic acids is 4. The quantitative estimate of drug-likeness (QED) is 0.0897. The molecule has 0 saturated carbocycles. The summed E-state index contributed by atoms with van der Waals surface area (Å²) in [5.74, 6) is 3.12. The van der Waals surface area contributed by atoms with E-state index in [9.17, 15) is 32.8 Å². The molecule has 10 rings (SSSR count). The molecule has 14 nitrogen and oxygen atoms in total. The van der Waals surface area contributed by atoms with E-state index in [-0.39, 0.29) is 67.2 Å². The van der Waals surface area contributed by atoms with Crippen LogP contribution in [0.2, 0.25) is 0 Å². The third-order valence-electron chi connectivity index (χ3n) is 16.1. The van der Waals surface area contributed by atoms with Gasteiger partial charge in [0.15, 0.2) is 0 Å². The second kappa shape index (κ2) is 20.3. The van der Waals surface area contributed by atoms with Gasteiger partial charge < -0.3 is 30.7 Å². The third-order valence-corrected chi connectivity index (χ3v) is 16.1. The minimum atomic E-state index is -2.89. The second-order valence-corrected chi connectivity index (χ2v) is 21.0. The summed E-state index contributed by atoms with van der Waals surface area (Å²) in [5, 5.41) is 13.1. The molecule has 73 heavy (non-hydrogen) atoms. The van der Waals surface area contributed by atoms with Gasteiger partial charge in [-0.2, -0.15) is 0 Å². The molecule has 5 aliphatic rings. The number of fused-ring (bicyclic) bond motifs is 2. The van der Waals surface area contributed by atoms with E-state index in [1.165, 1.54) is 9.13 Å². The maximum Gasteiger partial charge on any atom is 0.329 e. The third kappa shape index (κ3) is 10.3. The first-order valence-electron chi connectivity index (χ1n) is 25.8. The molecule has 0 aliphatic carbocycles. The van der Waals surface area contributed by atoms with Crippen molar-refractivity contribution in [2.24, 2.45) is 18.9 Å². The van der Waals surface area contributed by atoms with Crippen LogP contribution >= 0.6 is 0 Å². The molecule has 0 spiro atoms. The Morgan fingerprint density at radius 1 is 0.849 bits per heavy atom. The van der Waals surface area contributed by atoms with Gasteiger partial charge in [0.2, 0.25) is 17.7 Å². The fraction of sp³-hybridized carbons (Fsp3) is 0.482. The van der Waals surface area contributed by atoms with E-state index >= 15 is 4.39 Å². The van der Waals surface area contributed by atoms with Gasteiger partial charge in [-0.25, -0.2) is 18.0 Å². The van der Waals surface area contributed by atoms with E-state index in [0.717, 1.165) is 59.1 Å². The number of rotatable bonds is 10. The van der Waals surface area contributed by atoms with Crippen molar-refractivity contribution in [3.05, 3.63) is 106 Å². The second-order valence-electron chi connectivity index (χ2n) is 21.0. The molecule has 0 radical (unpaired) electrons. The Morgan fingerprint density at radius 3 is 2.30 bits per heavy atom. The fourth-order valence-corrected chi connectivity index (χ4v) is 11.7.